The predicted octanol–water partition coefficient (Wildman–Crippen LogP) is 2.97. The minimum Gasteiger partial charge on any atom is -0.496 e. The van der Waals surface area contributed by atoms with Crippen molar-refractivity contribution in [2.24, 2.45) is 0 Å². The summed E-state index contributed by atoms with van der Waals surface area (Å²) in [6.07, 6.45) is 1.14. The number of aromatic nitrogens is 1. The second kappa shape index (κ2) is 8.49. The van der Waals surface area contributed by atoms with Crippen molar-refractivity contribution >= 4 is 16.8 Å². The third-order valence-corrected chi connectivity index (χ3v) is 4.41. The van der Waals surface area contributed by atoms with E-state index >= 15 is 0 Å². The molecule has 0 saturated heterocycles. The lowest BCUT2D eigenvalue weighted by Gasteiger charge is -2.09. The fourth-order valence-electron chi connectivity index (χ4n) is 2.99. The highest BCUT2D eigenvalue weighted by atomic mass is 19.1. The number of fused-ring (bicyclic) bond motifs is 1. The standard InChI is InChI=1S/C21H21FN2O3/c1-27-19-5-3-2-4-14(19)10-11-23-20(25)9-6-15-12-16-13-17(22)7-8-18(16)24-21(15)26/h2-5,7-8,12-13H,6,9-11H2,1H3,(H,23,25)(H,24,26). The number of benzene rings is 2. The Morgan fingerprint density at radius 1 is 1.11 bits per heavy atom. The molecule has 0 aliphatic carbocycles. The Bertz CT molecular complexity index is 1010. The quantitative estimate of drug-likeness (QED) is 0.674. The van der Waals surface area contributed by atoms with Gasteiger partial charge in [-0.1, -0.05) is 18.2 Å². The van der Waals surface area contributed by atoms with Crippen molar-refractivity contribution < 1.29 is 13.9 Å². The number of aromatic amines is 1. The number of aryl methyl sites for hydroxylation is 1. The number of ether oxygens (including phenoxy) is 1. The van der Waals surface area contributed by atoms with Crippen molar-refractivity contribution in [3.8, 4) is 5.75 Å². The minimum atomic E-state index is -0.366. The van der Waals surface area contributed by atoms with Crippen LogP contribution < -0.4 is 15.6 Å². The summed E-state index contributed by atoms with van der Waals surface area (Å²) in [6, 6.07) is 13.5. The van der Waals surface area contributed by atoms with Crippen molar-refractivity contribution in [2.45, 2.75) is 19.3 Å². The molecule has 3 rings (SSSR count). The summed E-state index contributed by atoms with van der Waals surface area (Å²) >= 11 is 0. The molecule has 2 N–H and O–H groups in total. The van der Waals surface area contributed by atoms with Crippen LogP contribution in [-0.2, 0) is 17.6 Å². The number of halogens is 1. The van der Waals surface area contributed by atoms with Crippen molar-refractivity contribution in [1.82, 2.24) is 10.3 Å². The monoisotopic (exact) mass is 368 g/mol. The molecule has 0 radical (unpaired) electrons. The smallest absolute Gasteiger partial charge is 0.251 e. The molecule has 0 aliphatic heterocycles. The molecule has 1 heterocycles. The number of H-pyrrole nitrogens is 1. The first-order valence-electron chi connectivity index (χ1n) is 8.77. The average molecular weight is 368 g/mol. The molecule has 140 valence electrons. The largest absolute Gasteiger partial charge is 0.496 e. The van der Waals surface area contributed by atoms with Crippen LogP contribution in [0, 0.1) is 5.82 Å². The maximum atomic E-state index is 13.4. The summed E-state index contributed by atoms with van der Waals surface area (Å²) in [5, 5.41) is 3.46. The minimum absolute atomic E-state index is 0.136. The Hall–Kier alpha value is -3.15. The Labute approximate surface area is 156 Å². The molecule has 0 aliphatic rings. The van der Waals surface area contributed by atoms with E-state index in [2.05, 4.69) is 10.3 Å². The van der Waals surface area contributed by atoms with Gasteiger partial charge in [-0.15, -0.1) is 0 Å². The normalized spacial score (nSPS) is 10.7. The lowest BCUT2D eigenvalue weighted by Crippen LogP contribution is -2.26. The van der Waals surface area contributed by atoms with E-state index in [1.807, 2.05) is 24.3 Å². The fraction of sp³-hybridized carbons (Fsp3) is 0.238. The van der Waals surface area contributed by atoms with Crippen molar-refractivity contribution in [2.75, 3.05) is 13.7 Å². The Morgan fingerprint density at radius 3 is 2.74 bits per heavy atom. The summed E-state index contributed by atoms with van der Waals surface area (Å²) in [7, 11) is 1.62. The molecule has 0 spiro atoms. The first kappa shape index (κ1) is 18.6. The summed E-state index contributed by atoms with van der Waals surface area (Å²) in [5.41, 5.74) is 1.81. The molecule has 1 amide bonds. The lowest BCUT2D eigenvalue weighted by molar-refractivity contribution is -0.121. The lowest BCUT2D eigenvalue weighted by atomic mass is 10.1. The van der Waals surface area contributed by atoms with E-state index in [1.165, 1.54) is 18.2 Å². The van der Waals surface area contributed by atoms with Gasteiger partial charge in [0.15, 0.2) is 0 Å². The molecule has 0 saturated carbocycles. The average Bonchev–Trinajstić information content (AvgIpc) is 2.67. The summed E-state index contributed by atoms with van der Waals surface area (Å²) in [5.74, 6) is 0.292. The zero-order chi connectivity index (χ0) is 19.2. The van der Waals surface area contributed by atoms with E-state index in [4.69, 9.17) is 4.74 Å². The number of hydrogen-bond acceptors (Lipinski definition) is 3. The first-order chi connectivity index (χ1) is 13.1. The number of carbonyl (C=O) groups excluding carboxylic acids is 1. The van der Waals surface area contributed by atoms with Crippen LogP contribution in [0.15, 0.2) is 53.3 Å². The van der Waals surface area contributed by atoms with Gasteiger partial charge in [0.05, 0.1) is 7.11 Å². The molecular formula is C21H21FN2O3. The number of hydrogen-bond donors (Lipinski definition) is 2. The molecule has 6 heteroatoms. The molecule has 0 atom stereocenters. The molecule has 1 aromatic heterocycles. The van der Waals surface area contributed by atoms with Gasteiger partial charge < -0.3 is 15.0 Å². The highest BCUT2D eigenvalue weighted by Gasteiger charge is 2.08. The molecule has 5 nitrogen and oxygen atoms in total. The Kier molecular flexibility index (Phi) is 5.86. The van der Waals surface area contributed by atoms with Gasteiger partial charge >= 0.3 is 0 Å². The summed E-state index contributed by atoms with van der Waals surface area (Å²) in [6.45, 7) is 0.485. The molecular weight excluding hydrogens is 347 g/mol. The van der Waals surface area contributed by atoms with Crippen LogP contribution in [0.1, 0.15) is 17.5 Å². The van der Waals surface area contributed by atoms with Gasteiger partial charge in [0.2, 0.25) is 5.91 Å². The van der Waals surface area contributed by atoms with Gasteiger partial charge in [-0.3, -0.25) is 9.59 Å². The molecule has 3 aromatic rings. The van der Waals surface area contributed by atoms with Crippen LogP contribution in [0.5, 0.6) is 5.75 Å². The number of amides is 1. The highest BCUT2D eigenvalue weighted by Crippen LogP contribution is 2.17. The number of pyridine rings is 1. The molecule has 27 heavy (non-hydrogen) atoms. The van der Waals surface area contributed by atoms with E-state index in [0.29, 0.717) is 35.9 Å². The van der Waals surface area contributed by atoms with Gasteiger partial charge in [-0.05, 0) is 48.7 Å². The zero-order valence-electron chi connectivity index (χ0n) is 15.0. The van der Waals surface area contributed by atoms with Crippen LogP contribution >= 0.6 is 0 Å². The number of para-hydroxylation sites is 1. The summed E-state index contributed by atoms with van der Waals surface area (Å²) in [4.78, 5) is 26.9. The highest BCUT2D eigenvalue weighted by molar-refractivity contribution is 5.79. The summed E-state index contributed by atoms with van der Waals surface area (Å²) < 4.78 is 18.6. The van der Waals surface area contributed by atoms with Crippen LogP contribution in [0.2, 0.25) is 0 Å². The second-order valence-corrected chi connectivity index (χ2v) is 6.27. The van der Waals surface area contributed by atoms with Gasteiger partial charge in [0.1, 0.15) is 11.6 Å². The van der Waals surface area contributed by atoms with Crippen LogP contribution in [-0.4, -0.2) is 24.5 Å². The third kappa shape index (κ3) is 4.73. The maximum Gasteiger partial charge on any atom is 0.251 e. The van der Waals surface area contributed by atoms with Gasteiger partial charge in [-0.25, -0.2) is 4.39 Å². The predicted molar refractivity (Wildman–Crippen MR) is 103 cm³/mol. The topological polar surface area (TPSA) is 71.2 Å². The van der Waals surface area contributed by atoms with E-state index < -0.39 is 0 Å². The number of rotatable bonds is 7. The Balaban J connectivity index is 1.55. The zero-order valence-corrected chi connectivity index (χ0v) is 15.0. The molecule has 2 aromatic carbocycles. The van der Waals surface area contributed by atoms with Crippen LogP contribution in [0.25, 0.3) is 10.9 Å². The number of methoxy groups -OCH3 is 1. The van der Waals surface area contributed by atoms with Crippen molar-refractivity contribution in [3.63, 3.8) is 0 Å². The Morgan fingerprint density at radius 2 is 1.93 bits per heavy atom. The third-order valence-electron chi connectivity index (χ3n) is 4.41. The SMILES string of the molecule is COc1ccccc1CCNC(=O)CCc1cc2cc(F)ccc2[nH]c1=O. The van der Waals surface area contributed by atoms with Crippen molar-refractivity contribution in [1.29, 1.82) is 0 Å². The van der Waals surface area contributed by atoms with E-state index in [-0.39, 0.29) is 23.7 Å². The molecule has 0 fully saturated rings. The van der Waals surface area contributed by atoms with Crippen molar-refractivity contribution in [3.05, 3.63) is 75.8 Å². The number of carbonyl (C=O) groups is 1. The van der Waals surface area contributed by atoms with Gasteiger partial charge in [0, 0.05) is 29.4 Å². The molecule has 0 bridgehead atoms. The second-order valence-electron chi connectivity index (χ2n) is 6.27. The molecule has 0 unspecified atom stereocenters. The fourth-order valence-corrected chi connectivity index (χ4v) is 2.99. The first-order valence-corrected chi connectivity index (χ1v) is 8.77. The van der Waals surface area contributed by atoms with E-state index in [9.17, 15) is 14.0 Å². The van der Waals surface area contributed by atoms with E-state index in [0.717, 1.165) is 11.3 Å². The van der Waals surface area contributed by atoms with Crippen LogP contribution in [0.3, 0.4) is 0 Å². The van der Waals surface area contributed by atoms with Gasteiger partial charge in [0.25, 0.3) is 5.56 Å². The number of nitrogens with one attached hydrogen (secondary N) is 2. The maximum absolute atomic E-state index is 13.4. The van der Waals surface area contributed by atoms with Gasteiger partial charge in [-0.2, -0.15) is 0 Å². The van der Waals surface area contributed by atoms with E-state index in [1.54, 1.807) is 13.2 Å². The van der Waals surface area contributed by atoms with Crippen LogP contribution in [0.4, 0.5) is 4.39 Å².